The molecule has 0 aliphatic heterocycles. The van der Waals surface area contributed by atoms with Gasteiger partial charge in [0.25, 0.3) is 0 Å². The summed E-state index contributed by atoms with van der Waals surface area (Å²) in [5.74, 6) is 0. The van der Waals surface area contributed by atoms with E-state index in [2.05, 4.69) is 0 Å². The van der Waals surface area contributed by atoms with E-state index in [1.54, 1.807) is 13.8 Å². The van der Waals surface area contributed by atoms with Crippen molar-refractivity contribution in [1.82, 2.24) is 4.31 Å². The molecule has 0 unspecified atom stereocenters. The third-order valence-electron chi connectivity index (χ3n) is 1.76. The van der Waals surface area contributed by atoms with E-state index in [1.165, 1.54) is 0 Å². The van der Waals surface area contributed by atoms with Crippen LogP contribution in [0.25, 0.3) is 4.13 Å². The second kappa shape index (κ2) is 7.85. The second-order valence-corrected chi connectivity index (χ2v) is 6.79. The molecule has 0 amide bonds. The van der Waals surface area contributed by atoms with Gasteiger partial charge in [-0.1, -0.05) is 13.8 Å². The van der Waals surface area contributed by atoms with E-state index >= 15 is 0 Å². The molecule has 0 N–H and O–H groups in total. The largest absolute Gasteiger partial charge is 1.00 e. The Morgan fingerprint density at radius 1 is 1.00 bits per heavy atom. The Hall–Kier alpha value is 0.207. The van der Waals surface area contributed by atoms with Crippen LogP contribution < -0.4 is 18.9 Å². The maximum atomic E-state index is 12.0. The van der Waals surface area contributed by atoms with Crippen molar-refractivity contribution in [3.8, 4) is 0 Å². The van der Waals surface area contributed by atoms with E-state index in [0.717, 1.165) is 0 Å². The van der Waals surface area contributed by atoms with Crippen LogP contribution in [0.15, 0.2) is 0 Å². The number of halogens is 3. The number of sulfonamides is 1. The Morgan fingerprint density at radius 2 is 1.37 bits per heavy atom. The zero-order valence-electron chi connectivity index (χ0n) is 10.8. The Balaban J connectivity index is 0. The van der Waals surface area contributed by atoms with Crippen LogP contribution >= 0.6 is 0 Å². The van der Waals surface area contributed by atoms with Crippen LogP contribution in [0.3, 0.4) is 0 Å². The molecule has 0 bridgehead atoms. The first-order chi connectivity index (χ1) is 7.98. The van der Waals surface area contributed by atoms with Crippen LogP contribution in [0.2, 0.25) is 0 Å². The fraction of sp³-hybridized carbons (Fsp3) is 1.00. The van der Waals surface area contributed by atoms with Gasteiger partial charge in [0, 0.05) is 13.1 Å². The van der Waals surface area contributed by atoms with Crippen molar-refractivity contribution < 1.29 is 48.9 Å². The summed E-state index contributed by atoms with van der Waals surface area (Å²) in [4.78, 5) is 0. The average Bonchev–Trinajstić information content (AvgIpc) is 2.14. The van der Waals surface area contributed by atoms with Crippen molar-refractivity contribution in [2.75, 3.05) is 13.1 Å². The number of nitrogens with zero attached hydrogens (tertiary/aromatic N) is 2. The second-order valence-electron chi connectivity index (χ2n) is 3.37. The summed E-state index contributed by atoms with van der Waals surface area (Å²) in [5, 5.41) is 0. The topological polar surface area (TPSA) is 85.6 Å². The number of hydrogen-bond donors (Lipinski definition) is 0. The predicted octanol–water partition coefficient (Wildman–Crippen LogP) is -1.42. The zero-order chi connectivity index (χ0) is 14.6. The van der Waals surface area contributed by atoms with Crippen LogP contribution in [0.5, 0.6) is 0 Å². The Bertz CT molecular complexity index is 457. The minimum absolute atomic E-state index is 0. The van der Waals surface area contributed by atoms with Gasteiger partial charge >= 0.3 is 24.4 Å². The smallest absolute Gasteiger partial charge is 0.415 e. The van der Waals surface area contributed by atoms with Gasteiger partial charge in [0.2, 0.25) is 0 Å². The van der Waals surface area contributed by atoms with E-state index in [0.29, 0.717) is 17.1 Å². The van der Waals surface area contributed by atoms with Crippen molar-refractivity contribution in [2.24, 2.45) is 0 Å². The minimum atomic E-state index is -6.04. The van der Waals surface area contributed by atoms with E-state index in [4.69, 9.17) is 0 Å². The van der Waals surface area contributed by atoms with Crippen LogP contribution in [-0.4, -0.2) is 39.7 Å². The number of rotatable bonds is 7. The van der Waals surface area contributed by atoms with Crippen LogP contribution in [0.1, 0.15) is 26.7 Å². The zero-order valence-corrected chi connectivity index (χ0v) is 12.4. The Labute approximate surface area is 123 Å². The fourth-order valence-electron chi connectivity index (χ4n) is 1.05. The third-order valence-corrected chi connectivity index (χ3v) is 4.90. The molecule has 0 aliphatic carbocycles. The van der Waals surface area contributed by atoms with E-state index in [-0.39, 0.29) is 32.0 Å². The van der Waals surface area contributed by atoms with E-state index in [9.17, 15) is 30.0 Å². The molecule has 0 aliphatic rings. The molecule has 6 nitrogen and oxygen atoms in total. The Kier molecular flexibility index (Phi) is 8.88. The van der Waals surface area contributed by atoms with Gasteiger partial charge in [-0.3, -0.25) is 0 Å². The molecule has 0 fully saturated rings. The standard InChI is InChI=1S/C7H14F3N2O4S2.Li/c1-3-5-12(6-4-2)18(15,16)11-17(13,14)7(8,9)10;/h3-6H2,1-2H3;/q-1;+1. The molecular weight excluding hydrogens is 304 g/mol. The molecule has 0 aromatic carbocycles. The van der Waals surface area contributed by atoms with Gasteiger partial charge in [-0.15, -0.1) is 0 Å². The molecule has 0 spiro atoms. The van der Waals surface area contributed by atoms with Gasteiger partial charge in [0.15, 0.2) is 10.0 Å². The normalized spacial score (nSPS) is 13.4. The monoisotopic (exact) mass is 318 g/mol. The van der Waals surface area contributed by atoms with Gasteiger partial charge < -0.3 is 4.13 Å². The molecule has 0 atom stereocenters. The fourth-order valence-corrected chi connectivity index (χ4v) is 3.59. The molecule has 0 rings (SSSR count). The first-order valence-electron chi connectivity index (χ1n) is 5.03. The molecule has 0 radical (unpaired) electrons. The van der Waals surface area contributed by atoms with Crippen LogP contribution in [0, 0.1) is 0 Å². The summed E-state index contributed by atoms with van der Waals surface area (Å²) < 4.78 is 83.0. The molecule has 12 heteroatoms. The Morgan fingerprint density at radius 3 is 1.63 bits per heavy atom. The van der Waals surface area contributed by atoms with Crippen molar-refractivity contribution >= 4 is 20.2 Å². The van der Waals surface area contributed by atoms with Crippen LogP contribution in [0.4, 0.5) is 13.2 Å². The van der Waals surface area contributed by atoms with Crippen molar-refractivity contribution in [3.05, 3.63) is 4.13 Å². The van der Waals surface area contributed by atoms with E-state index in [1.807, 2.05) is 4.13 Å². The summed E-state index contributed by atoms with van der Waals surface area (Å²) in [6, 6.07) is 0. The van der Waals surface area contributed by atoms with Gasteiger partial charge in [-0.25, -0.2) is 21.1 Å². The molecule has 0 aromatic rings. The van der Waals surface area contributed by atoms with Crippen LogP contribution in [-0.2, 0) is 20.2 Å². The number of hydrogen-bond acceptors (Lipinski definition) is 4. The average molecular weight is 318 g/mol. The van der Waals surface area contributed by atoms with Gasteiger partial charge in [-0.2, -0.15) is 13.2 Å². The molecular formula is C7H14F3LiN2O4S2. The molecule has 0 saturated heterocycles. The maximum absolute atomic E-state index is 12.0. The van der Waals surface area contributed by atoms with Crippen molar-refractivity contribution in [3.63, 3.8) is 0 Å². The summed E-state index contributed by atoms with van der Waals surface area (Å²) in [5.41, 5.74) is -5.72. The van der Waals surface area contributed by atoms with Crippen molar-refractivity contribution in [2.45, 2.75) is 32.2 Å². The van der Waals surface area contributed by atoms with Crippen molar-refractivity contribution in [1.29, 1.82) is 0 Å². The predicted molar refractivity (Wildman–Crippen MR) is 59.4 cm³/mol. The molecule has 19 heavy (non-hydrogen) atoms. The molecule has 110 valence electrons. The quantitative estimate of drug-likeness (QED) is 0.539. The van der Waals surface area contributed by atoms with E-state index < -0.39 is 25.7 Å². The molecule has 0 aromatic heterocycles. The first kappa shape index (κ1) is 21.5. The summed E-state index contributed by atoms with van der Waals surface area (Å²) in [6.45, 7) is 3.03. The summed E-state index contributed by atoms with van der Waals surface area (Å²) in [7, 11) is -10.9. The van der Waals surface area contributed by atoms with Gasteiger partial charge in [0.1, 0.15) is 10.2 Å². The third kappa shape index (κ3) is 6.46. The number of alkyl halides is 3. The summed E-state index contributed by atoms with van der Waals surface area (Å²) in [6.07, 6.45) is 0.668. The molecule has 0 heterocycles. The summed E-state index contributed by atoms with van der Waals surface area (Å²) >= 11 is 0. The molecule has 0 saturated carbocycles. The van der Waals surface area contributed by atoms with Gasteiger partial charge in [0.05, 0.1) is 0 Å². The minimum Gasteiger partial charge on any atom is -0.415 e. The first-order valence-corrected chi connectivity index (χ1v) is 7.87. The maximum Gasteiger partial charge on any atom is 1.00 e. The SMILES string of the molecule is CCCN(CCC)S(=O)(=O)[N-]S(=O)(=O)C(F)(F)F.[Li+]. The van der Waals surface area contributed by atoms with Gasteiger partial charge in [-0.05, 0) is 12.8 Å².